The van der Waals surface area contributed by atoms with Gasteiger partial charge in [-0.25, -0.2) is 4.98 Å². The highest BCUT2D eigenvalue weighted by Crippen LogP contribution is 2.26. The molecule has 1 saturated heterocycles. The highest BCUT2D eigenvalue weighted by atomic mass is 32.2. The van der Waals surface area contributed by atoms with Crippen molar-refractivity contribution in [3.63, 3.8) is 0 Å². The molecule has 6 nitrogen and oxygen atoms in total. The van der Waals surface area contributed by atoms with Gasteiger partial charge in [0.25, 0.3) is 0 Å². The Hall–Kier alpha value is -1.50. The second kappa shape index (κ2) is 5.90. The molecule has 0 spiro atoms. The topological polar surface area (TPSA) is 95.1 Å². The molecule has 1 aromatic heterocycles. The number of aromatic nitrogens is 2. The van der Waals surface area contributed by atoms with Crippen LogP contribution in [0.4, 0.5) is 0 Å². The van der Waals surface area contributed by atoms with Crippen LogP contribution in [-0.4, -0.2) is 44.0 Å². The maximum atomic E-state index is 11.7. The van der Waals surface area contributed by atoms with Gasteiger partial charge in [-0.3, -0.25) is 9.59 Å². The van der Waals surface area contributed by atoms with Crippen molar-refractivity contribution in [1.29, 1.82) is 0 Å². The van der Waals surface area contributed by atoms with Crippen LogP contribution in [0.25, 0.3) is 0 Å². The first kappa shape index (κ1) is 12.9. The molecular weight excluding hydrogens is 254 g/mol. The number of H-pyrrole nitrogens is 1. The SMILES string of the molecule is O=C(CCc1ncc[nH]1)N[C@@H]1CS[C@H](C(=O)O)C1. The Morgan fingerprint density at radius 2 is 2.44 bits per heavy atom. The Kier molecular flexibility index (Phi) is 4.24. The molecule has 1 aliphatic heterocycles. The van der Waals surface area contributed by atoms with E-state index in [-0.39, 0.29) is 17.2 Å². The minimum absolute atomic E-state index is 0.0276. The van der Waals surface area contributed by atoms with Crippen LogP contribution >= 0.6 is 11.8 Å². The molecule has 2 heterocycles. The van der Waals surface area contributed by atoms with E-state index in [0.717, 1.165) is 5.82 Å². The van der Waals surface area contributed by atoms with Crippen molar-refractivity contribution in [2.24, 2.45) is 0 Å². The predicted octanol–water partition coefficient (Wildman–Crippen LogP) is 0.417. The number of aliphatic carboxylic acids is 1. The van der Waals surface area contributed by atoms with Crippen molar-refractivity contribution in [1.82, 2.24) is 15.3 Å². The fraction of sp³-hybridized carbons (Fsp3) is 0.545. The van der Waals surface area contributed by atoms with Gasteiger partial charge in [0.1, 0.15) is 11.1 Å². The number of aromatic amines is 1. The van der Waals surface area contributed by atoms with Crippen molar-refractivity contribution < 1.29 is 14.7 Å². The summed E-state index contributed by atoms with van der Waals surface area (Å²) < 4.78 is 0. The van der Waals surface area contributed by atoms with Crippen LogP contribution in [0, 0.1) is 0 Å². The first-order valence-corrected chi connectivity index (χ1v) is 6.82. The number of carbonyl (C=O) groups excluding carboxylic acids is 1. The second-order valence-electron chi connectivity index (χ2n) is 4.20. The van der Waals surface area contributed by atoms with Crippen molar-refractivity contribution in [3.8, 4) is 0 Å². The Balaban J connectivity index is 1.70. The lowest BCUT2D eigenvalue weighted by atomic mass is 10.1. The number of carboxylic acid groups (broad SMARTS) is 1. The lowest BCUT2D eigenvalue weighted by Gasteiger charge is -2.11. The van der Waals surface area contributed by atoms with E-state index in [4.69, 9.17) is 5.11 Å². The monoisotopic (exact) mass is 269 g/mol. The highest BCUT2D eigenvalue weighted by molar-refractivity contribution is 8.00. The quantitative estimate of drug-likeness (QED) is 0.720. The molecule has 0 saturated carbocycles. The van der Waals surface area contributed by atoms with E-state index in [0.29, 0.717) is 25.0 Å². The molecule has 0 bridgehead atoms. The molecule has 0 aromatic carbocycles. The molecule has 2 rings (SSSR count). The maximum Gasteiger partial charge on any atom is 0.316 e. The van der Waals surface area contributed by atoms with Gasteiger partial charge in [0.2, 0.25) is 5.91 Å². The largest absolute Gasteiger partial charge is 0.480 e. The number of rotatable bonds is 5. The number of nitrogens with one attached hydrogen (secondary N) is 2. The van der Waals surface area contributed by atoms with Gasteiger partial charge < -0.3 is 15.4 Å². The molecule has 1 aromatic rings. The summed E-state index contributed by atoms with van der Waals surface area (Å²) >= 11 is 1.38. The molecule has 0 unspecified atom stereocenters. The van der Waals surface area contributed by atoms with Crippen LogP contribution in [0.5, 0.6) is 0 Å². The summed E-state index contributed by atoms with van der Waals surface area (Å²) in [5.74, 6) is 0.605. The summed E-state index contributed by atoms with van der Waals surface area (Å²) in [5.41, 5.74) is 0. The zero-order chi connectivity index (χ0) is 13.0. The van der Waals surface area contributed by atoms with E-state index in [1.54, 1.807) is 12.4 Å². The number of carbonyl (C=O) groups is 2. The zero-order valence-corrected chi connectivity index (χ0v) is 10.6. The van der Waals surface area contributed by atoms with Crippen molar-refractivity contribution in [2.75, 3.05) is 5.75 Å². The molecule has 3 N–H and O–H groups in total. The van der Waals surface area contributed by atoms with E-state index in [2.05, 4.69) is 15.3 Å². The molecule has 0 aliphatic carbocycles. The highest BCUT2D eigenvalue weighted by Gasteiger charge is 2.31. The number of hydrogen-bond donors (Lipinski definition) is 3. The van der Waals surface area contributed by atoms with Gasteiger partial charge in [-0.1, -0.05) is 0 Å². The molecule has 1 aliphatic rings. The smallest absolute Gasteiger partial charge is 0.316 e. The van der Waals surface area contributed by atoms with Crippen molar-refractivity contribution >= 4 is 23.6 Å². The minimum atomic E-state index is -0.799. The third-order valence-electron chi connectivity index (χ3n) is 2.78. The van der Waals surface area contributed by atoms with Crippen LogP contribution in [0.2, 0.25) is 0 Å². The fourth-order valence-electron chi connectivity index (χ4n) is 1.87. The summed E-state index contributed by atoms with van der Waals surface area (Å²) in [5, 5.41) is 11.3. The van der Waals surface area contributed by atoms with Crippen LogP contribution < -0.4 is 5.32 Å². The Morgan fingerprint density at radius 1 is 1.61 bits per heavy atom. The number of imidazole rings is 1. The Bertz CT molecular complexity index is 421. The first-order chi connectivity index (χ1) is 8.65. The van der Waals surface area contributed by atoms with Gasteiger partial charge >= 0.3 is 5.97 Å². The number of nitrogens with zero attached hydrogens (tertiary/aromatic N) is 1. The third kappa shape index (κ3) is 3.49. The summed E-state index contributed by atoms with van der Waals surface area (Å²) in [6, 6.07) is -0.0276. The molecule has 1 fully saturated rings. The second-order valence-corrected chi connectivity index (χ2v) is 5.43. The van der Waals surface area contributed by atoms with Crippen LogP contribution in [0.1, 0.15) is 18.7 Å². The average molecular weight is 269 g/mol. The standard InChI is InChI=1S/C11H15N3O3S/c15-10(2-1-9-12-3-4-13-9)14-7-5-8(11(16)17)18-6-7/h3-4,7-8H,1-2,5-6H2,(H,12,13)(H,14,15)(H,16,17)/t7-,8-/m0/s1. The van der Waals surface area contributed by atoms with Crippen LogP contribution in [-0.2, 0) is 16.0 Å². The lowest BCUT2D eigenvalue weighted by Crippen LogP contribution is -2.35. The van der Waals surface area contributed by atoms with Gasteiger partial charge in [-0.05, 0) is 6.42 Å². The Labute approximate surface area is 109 Å². The number of thioether (sulfide) groups is 1. The summed E-state index contributed by atoms with van der Waals surface area (Å²) in [4.78, 5) is 29.4. The number of hydrogen-bond acceptors (Lipinski definition) is 4. The summed E-state index contributed by atoms with van der Waals surface area (Å²) in [6.07, 6.45) is 4.82. The maximum absolute atomic E-state index is 11.7. The van der Waals surface area contributed by atoms with Crippen molar-refractivity contribution in [3.05, 3.63) is 18.2 Å². The van der Waals surface area contributed by atoms with E-state index in [9.17, 15) is 9.59 Å². The van der Waals surface area contributed by atoms with E-state index in [1.807, 2.05) is 0 Å². The van der Waals surface area contributed by atoms with Crippen LogP contribution in [0.15, 0.2) is 12.4 Å². The van der Waals surface area contributed by atoms with Gasteiger partial charge in [0.05, 0.1) is 0 Å². The molecule has 18 heavy (non-hydrogen) atoms. The molecule has 7 heteroatoms. The third-order valence-corrected chi connectivity index (χ3v) is 4.17. The van der Waals surface area contributed by atoms with Gasteiger partial charge in [-0.2, -0.15) is 0 Å². The minimum Gasteiger partial charge on any atom is -0.480 e. The number of aryl methyl sites for hydroxylation is 1. The van der Waals surface area contributed by atoms with Crippen LogP contribution in [0.3, 0.4) is 0 Å². The average Bonchev–Trinajstić information content (AvgIpc) is 2.96. The normalized spacial score (nSPS) is 22.9. The molecule has 98 valence electrons. The molecule has 2 atom stereocenters. The van der Waals surface area contributed by atoms with Crippen molar-refractivity contribution in [2.45, 2.75) is 30.6 Å². The van der Waals surface area contributed by atoms with Gasteiger partial charge in [-0.15, -0.1) is 11.8 Å². The van der Waals surface area contributed by atoms with E-state index in [1.165, 1.54) is 11.8 Å². The van der Waals surface area contributed by atoms with E-state index < -0.39 is 5.97 Å². The number of amides is 1. The predicted molar refractivity (Wildman–Crippen MR) is 67.3 cm³/mol. The lowest BCUT2D eigenvalue weighted by molar-refractivity contribution is -0.136. The number of carboxylic acids is 1. The summed E-state index contributed by atoms with van der Waals surface area (Å²) in [7, 11) is 0. The summed E-state index contributed by atoms with van der Waals surface area (Å²) in [6.45, 7) is 0. The fourth-order valence-corrected chi connectivity index (χ4v) is 3.06. The molecule has 1 amide bonds. The van der Waals surface area contributed by atoms with Gasteiger partial charge in [0, 0.05) is 37.0 Å². The Morgan fingerprint density at radius 3 is 3.06 bits per heavy atom. The van der Waals surface area contributed by atoms with E-state index >= 15 is 0 Å². The zero-order valence-electron chi connectivity index (χ0n) is 9.76. The first-order valence-electron chi connectivity index (χ1n) is 5.77. The molecule has 0 radical (unpaired) electrons. The molecular formula is C11H15N3O3S. The van der Waals surface area contributed by atoms with Gasteiger partial charge in [0.15, 0.2) is 0 Å².